The summed E-state index contributed by atoms with van der Waals surface area (Å²) in [4.78, 5) is 32.3. The van der Waals surface area contributed by atoms with Crippen LogP contribution in [-0.2, 0) is 14.3 Å². The fraction of sp³-hybridized carbons (Fsp3) is 0.517. The molecule has 4 rings (SSSR count). The number of halogens is 2. The lowest BCUT2D eigenvalue weighted by molar-refractivity contribution is -0.166. The summed E-state index contributed by atoms with van der Waals surface area (Å²) in [5.74, 6) is 0.302. The largest absolute Gasteiger partial charge is 0.491 e. The molecule has 0 aliphatic carbocycles. The summed E-state index contributed by atoms with van der Waals surface area (Å²) >= 11 is 6.17. The topological polar surface area (TPSA) is 71.6 Å². The second kappa shape index (κ2) is 13.5. The standard InChI is InChI=1S/C29H37ClFN3O5/c1-22-18-23(9-10-24(22)30)38-21-29(19-28(36)33-13-11-32(2)12-14-33)20-34(15-17-39-29)27(35)8-5-16-37-26-7-4-3-6-25(26)31/h3-4,6-7,9-10,18H,5,8,11-17,19-21H2,1-2H3/t29-/m0/s1. The van der Waals surface area contributed by atoms with Gasteiger partial charge in [0.25, 0.3) is 0 Å². The van der Waals surface area contributed by atoms with Crippen molar-refractivity contribution < 1.29 is 28.2 Å². The van der Waals surface area contributed by atoms with Crippen LogP contribution >= 0.6 is 11.6 Å². The Kier molecular flexibility index (Phi) is 10.0. The first-order valence-electron chi connectivity index (χ1n) is 13.4. The summed E-state index contributed by atoms with van der Waals surface area (Å²) in [6.07, 6.45) is 0.802. The lowest BCUT2D eigenvalue weighted by atomic mass is 9.96. The molecule has 2 aromatic rings. The Morgan fingerprint density at radius 2 is 1.79 bits per heavy atom. The van der Waals surface area contributed by atoms with Gasteiger partial charge in [-0.05, 0) is 56.3 Å². The van der Waals surface area contributed by atoms with Gasteiger partial charge in [0.05, 0.1) is 26.2 Å². The van der Waals surface area contributed by atoms with Crippen LogP contribution in [0, 0.1) is 12.7 Å². The summed E-state index contributed by atoms with van der Waals surface area (Å²) in [5.41, 5.74) is -0.0957. The van der Waals surface area contributed by atoms with Crippen LogP contribution in [0.25, 0.3) is 0 Å². The van der Waals surface area contributed by atoms with Gasteiger partial charge in [0, 0.05) is 44.2 Å². The molecule has 2 fully saturated rings. The molecule has 2 aromatic carbocycles. The lowest BCUT2D eigenvalue weighted by Gasteiger charge is -2.43. The van der Waals surface area contributed by atoms with E-state index in [1.807, 2.05) is 24.9 Å². The van der Waals surface area contributed by atoms with Crippen LogP contribution in [0.1, 0.15) is 24.8 Å². The van der Waals surface area contributed by atoms with Crippen molar-refractivity contribution >= 4 is 23.4 Å². The average molecular weight is 562 g/mol. The minimum Gasteiger partial charge on any atom is -0.491 e. The maximum absolute atomic E-state index is 13.8. The summed E-state index contributed by atoms with van der Waals surface area (Å²) in [6, 6.07) is 11.6. The normalized spacial score (nSPS) is 20.1. The number of benzene rings is 2. The number of amides is 2. The summed E-state index contributed by atoms with van der Waals surface area (Å²) in [6.45, 7) is 6.17. The molecule has 1 atom stereocenters. The minimum absolute atomic E-state index is 0.00780. The van der Waals surface area contributed by atoms with Crippen LogP contribution in [0.4, 0.5) is 4.39 Å². The van der Waals surface area contributed by atoms with Gasteiger partial charge in [-0.1, -0.05) is 23.7 Å². The SMILES string of the molecule is Cc1cc(OC[C@]2(CC(=O)N3CCN(C)CC3)CN(C(=O)CCCOc3ccccc3F)CCO2)ccc1Cl. The molecule has 2 heterocycles. The summed E-state index contributed by atoms with van der Waals surface area (Å²) in [5, 5.41) is 0.645. The Morgan fingerprint density at radius 3 is 2.54 bits per heavy atom. The third-order valence-electron chi connectivity index (χ3n) is 7.19. The number of ether oxygens (including phenoxy) is 3. The molecule has 0 N–H and O–H groups in total. The van der Waals surface area contributed by atoms with Crippen LogP contribution in [0.5, 0.6) is 11.5 Å². The molecule has 0 unspecified atom stereocenters. The Balaban J connectivity index is 1.39. The predicted molar refractivity (Wildman–Crippen MR) is 147 cm³/mol. The molecule has 2 aliphatic heterocycles. The van der Waals surface area contributed by atoms with E-state index in [1.54, 1.807) is 35.2 Å². The zero-order valence-electron chi connectivity index (χ0n) is 22.7. The number of piperazine rings is 1. The van der Waals surface area contributed by atoms with Crippen molar-refractivity contribution in [1.29, 1.82) is 0 Å². The van der Waals surface area contributed by atoms with Gasteiger partial charge in [-0.15, -0.1) is 0 Å². The average Bonchev–Trinajstić information content (AvgIpc) is 2.93. The van der Waals surface area contributed by atoms with Crippen LogP contribution in [0.15, 0.2) is 42.5 Å². The Hall–Kier alpha value is -2.88. The molecule has 2 saturated heterocycles. The van der Waals surface area contributed by atoms with Gasteiger partial charge in [0.15, 0.2) is 11.6 Å². The molecule has 2 amide bonds. The first-order valence-corrected chi connectivity index (χ1v) is 13.8. The van der Waals surface area contributed by atoms with E-state index in [0.717, 1.165) is 18.7 Å². The molecule has 0 radical (unpaired) electrons. The minimum atomic E-state index is -0.981. The molecule has 39 heavy (non-hydrogen) atoms. The molecule has 10 heteroatoms. The van der Waals surface area contributed by atoms with E-state index in [2.05, 4.69) is 4.90 Å². The molecular weight excluding hydrogens is 525 g/mol. The van der Waals surface area contributed by atoms with E-state index >= 15 is 0 Å². The van der Waals surface area contributed by atoms with Crippen molar-refractivity contribution in [3.63, 3.8) is 0 Å². The second-order valence-corrected chi connectivity index (χ2v) is 10.7. The van der Waals surface area contributed by atoms with Crippen LogP contribution in [-0.4, -0.2) is 98.3 Å². The molecule has 0 aromatic heterocycles. The molecule has 8 nitrogen and oxygen atoms in total. The number of para-hydroxylation sites is 1. The molecule has 0 bridgehead atoms. The van der Waals surface area contributed by atoms with Gasteiger partial charge in [0.1, 0.15) is 18.0 Å². The number of carbonyl (C=O) groups is 2. The van der Waals surface area contributed by atoms with Gasteiger partial charge >= 0.3 is 0 Å². The number of nitrogens with zero attached hydrogens (tertiary/aromatic N) is 3. The first-order chi connectivity index (χ1) is 18.7. The van der Waals surface area contributed by atoms with Crippen LogP contribution < -0.4 is 9.47 Å². The zero-order chi connectivity index (χ0) is 27.8. The lowest BCUT2D eigenvalue weighted by Crippen LogP contribution is -2.59. The highest BCUT2D eigenvalue weighted by Gasteiger charge is 2.42. The van der Waals surface area contributed by atoms with Gasteiger partial charge in [-0.25, -0.2) is 4.39 Å². The van der Waals surface area contributed by atoms with Gasteiger partial charge in [0.2, 0.25) is 11.8 Å². The van der Waals surface area contributed by atoms with Crippen molar-refractivity contribution in [3.05, 3.63) is 58.9 Å². The van der Waals surface area contributed by atoms with Gasteiger partial charge in [-0.2, -0.15) is 0 Å². The molecule has 2 aliphatic rings. The number of likely N-dealkylation sites (N-methyl/N-ethyl adjacent to an activating group) is 1. The second-order valence-electron chi connectivity index (χ2n) is 10.3. The van der Waals surface area contributed by atoms with E-state index < -0.39 is 11.4 Å². The van der Waals surface area contributed by atoms with Crippen molar-refractivity contribution in [3.8, 4) is 11.5 Å². The molecular formula is C29H37ClFN3O5. The molecule has 212 valence electrons. The fourth-order valence-corrected chi connectivity index (χ4v) is 4.91. The Bertz CT molecular complexity index is 1140. The smallest absolute Gasteiger partial charge is 0.225 e. The van der Waals surface area contributed by atoms with Crippen LogP contribution in [0.3, 0.4) is 0 Å². The quantitative estimate of drug-likeness (QED) is 0.411. The number of hydrogen-bond acceptors (Lipinski definition) is 6. The molecule has 0 saturated carbocycles. The number of aryl methyl sites for hydroxylation is 1. The Morgan fingerprint density at radius 1 is 1.03 bits per heavy atom. The summed E-state index contributed by atoms with van der Waals surface area (Å²) in [7, 11) is 2.04. The number of morpholine rings is 1. The predicted octanol–water partition coefficient (Wildman–Crippen LogP) is 3.79. The fourth-order valence-electron chi connectivity index (χ4n) is 4.79. The Labute approximate surface area is 234 Å². The third-order valence-corrected chi connectivity index (χ3v) is 7.62. The van der Waals surface area contributed by atoms with Crippen molar-refractivity contribution in [1.82, 2.24) is 14.7 Å². The number of hydrogen-bond donors (Lipinski definition) is 0. The van der Waals surface area contributed by atoms with Crippen LogP contribution in [0.2, 0.25) is 5.02 Å². The maximum Gasteiger partial charge on any atom is 0.225 e. The van der Waals surface area contributed by atoms with E-state index in [0.29, 0.717) is 43.4 Å². The zero-order valence-corrected chi connectivity index (χ0v) is 23.4. The van der Waals surface area contributed by atoms with E-state index in [9.17, 15) is 14.0 Å². The molecule has 0 spiro atoms. The monoisotopic (exact) mass is 561 g/mol. The maximum atomic E-state index is 13.8. The van der Waals surface area contributed by atoms with Crippen molar-refractivity contribution in [2.45, 2.75) is 31.8 Å². The van der Waals surface area contributed by atoms with E-state index in [1.165, 1.54) is 6.07 Å². The van der Waals surface area contributed by atoms with Gasteiger partial charge < -0.3 is 28.9 Å². The third kappa shape index (κ3) is 8.06. The number of carbonyl (C=O) groups excluding carboxylic acids is 2. The van der Waals surface area contributed by atoms with Crippen molar-refractivity contribution in [2.24, 2.45) is 0 Å². The van der Waals surface area contributed by atoms with E-state index in [4.69, 9.17) is 25.8 Å². The van der Waals surface area contributed by atoms with Crippen molar-refractivity contribution in [2.75, 3.05) is 66.1 Å². The van der Waals surface area contributed by atoms with E-state index in [-0.39, 0.29) is 50.2 Å². The van der Waals surface area contributed by atoms with Gasteiger partial charge in [-0.3, -0.25) is 9.59 Å². The highest BCUT2D eigenvalue weighted by molar-refractivity contribution is 6.31. The first kappa shape index (κ1) is 29.1. The summed E-state index contributed by atoms with van der Waals surface area (Å²) < 4.78 is 31.6. The highest BCUT2D eigenvalue weighted by atomic mass is 35.5. The number of rotatable bonds is 10. The highest BCUT2D eigenvalue weighted by Crippen LogP contribution is 2.28.